The molecule has 0 heterocycles. The summed E-state index contributed by atoms with van der Waals surface area (Å²) in [6, 6.07) is 0. The Hall–Kier alpha value is 0.550. The first-order valence-corrected chi connectivity index (χ1v) is 9.32. The van der Waals surface area contributed by atoms with Crippen molar-refractivity contribution in [1.29, 1.82) is 0 Å². The van der Waals surface area contributed by atoms with E-state index in [0.717, 1.165) is 0 Å². The van der Waals surface area contributed by atoms with Crippen molar-refractivity contribution in [3.8, 4) is 0 Å². The van der Waals surface area contributed by atoms with Crippen LogP contribution in [0.3, 0.4) is 0 Å². The summed E-state index contributed by atoms with van der Waals surface area (Å²) >= 11 is -1.84. The van der Waals surface area contributed by atoms with Crippen LogP contribution in [-0.4, -0.2) is 21.1 Å². The molecular weight excluding hydrogens is 243 g/mol. The van der Waals surface area contributed by atoms with Gasteiger partial charge in [0.15, 0.2) is 0 Å². The molecule has 0 N–H and O–H groups in total. The Morgan fingerprint density at radius 1 is 1.25 bits per heavy atom. The van der Waals surface area contributed by atoms with Gasteiger partial charge in [0.25, 0.3) is 0 Å². The molecule has 0 radical (unpaired) electrons. The molecule has 0 aliphatic carbocycles. The van der Waals surface area contributed by atoms with Gasteiger partial charge >= 0.3 is 78.6 Å². The number of hydrogen-bond donors (Lipinski definition) is 0. The standard InChI is InChI=1S/C3H9OSi.C2H2F3O.Zn/c1-5(2,3)4;3-2(4,5)1-6;/h1-3H3;1H2;/q2*-1;+2. The molecule has 0 aromatic heterocycles. The molecule has 0 saturated carbocycles. The van der Waals surface area contributed by atoms with Crippen molar-refractivity contribution in [2.24, 2.45) is 0 Å². The second-order valence-electron chi connectivity index (χ2n) is 3.34. The Morgan fingerprint density at radius 2 is 1.75 bits per heavy atom. The zero-order chi connectivity index (χ0) is 9.83. The van der Waals surface area contributed by atoms with Crippen LogP contribution < -0.4 is 0 Å². The molecule has 0 rings (SSSR count). The van der Waals surface area contributed by atoms with Crippen LogP contribution in [0.5, 0.6) is 0 Å². The van der Waals surface area contributed by atoms with Crippen LogP contribution >= 0.6 is 0 Å². The molecule has 2 nitrogen and oxygen atoms in total. The van der Waals surface area contributed by atoms with Crippen molar-refractivity contribution in [3.05, 3.63) is 0 Å². The summed E-state index contributed by atoms with van der Waals surface area (Å²) in [4.78, 5) is 0. The minimum absolute atomic E-state index is 1.16. The maximum atomic E-state index is 11.5. The van der Waals surface area contributed by atoms with Crippen molar-refractivity contribution >= 4 is 8.32 Å². The first-order valence-electron chi connectivity index (χ1n) is 3.49. The molecule has 0 atom stereocenters. The van der Waals surface area contributed by atoms with Crippen molar-refractivity contribution in [2.75, 3.05) is 6.61 Å². The molecule has 0 bridgehead atoms. The molecule has 0 spiro atoms. The molecule has 0 aromatic rings. The summed E-state index contributed by atoms with van der Waals surface area (Å²) in [6.07, 6.45) is -4.21. The third kappa shape index (κ3) is 10.6. The predicted molar refractivity (Wildman–Crippen MR) is 36.4 cm³/mol. The topological polar surface area (TPSA) is 18.5 Å². The zero-order valence-electron chi connectivity index (χ0n) is 7.36. The molecule has 0 fully saturated rings. The molecule has 0 aliphatic heterocycles. The van der Waals surface area contributed by atoms with Gasteiger partial charge in [0.1, 0.15) is 0 Å². The summed E-state index contributed by atoms with van der Waals surface area (Å²) < 4.78 is 44.3. The Kier molecular flexibility index (Phi) is 4.91. The quantitative estimate of drug-likeness (QED) is 0.566. The average molecular weight is 254 g/mol. The summed E-state index contributed by atoms with van der Waals surface area (Å²) in [7, 11) is -1.66. The Morgan fingerprint density at radius 3 is 2.08 bits per heavy atom. The Balaban J connectivity index is 3.35. The van der Waals surface area contributed by atoms with Crippen LogP contribution in [-0.2, 0) is 24.7 Å². The third-order valence-corrected chi connectivity index (χ3v) is 8.80. The van der Waals surface area contributed by atoms with E-state index in [1.165, 1.54) is 0 Å². The molecule has 0 amide bonds. The van der Waals surface area contributed by atoms with E-state index in [4.69, 9.17) is 3.25 Å². The number of halogens is 3. The molecule has 0 aromatic carbocycles. The van der Waals surface area contributed by atoms with Crippen LogP contribution in [0.4, 0.5) is 13.2 Å². The number of alkyl halides is 3. The van der Waals surface area contributed by atoms with Gasteiger partial charge in [-0.3, -0.25) is 0 Å². The third-order valence-electron chi connectivity index (χ3n) is 0.841. The monoisotopic (exact) mass is 252 g/mol. The van der Waals surface area contributed by atoms with E-state index in [1.54, 1.807) is 0 Å². The van der Waals surface area contributed by atoms with E-state index >= 15 is 0 Å². The van der Waals surface area contributed by atoms with Crippen molar-refractivity contribution in [3.63, 3.8) is 0 Å². The fraction of sp³-hybridized carbons (Fsp3) is 1.00. The van der Waals surface area contributed by atoms with Gasteiger partial charge < -0.3 is 0 Å². The molecule has 70 valence electrons. The summed E-state index contributed by atoms with van der Waals surface area (Å²) in [5.74, 6) is 0. The Labute approximate surface area is 79.0 Å². The second-order valence-corrected chi connectivity index (χ2v) is 11.0. The van der Waals surface area contributed by atoms with Gasteiger partial charge in [0.2, 0.25) is 0 Å². The molecule has 0 aliphatic rings. The fourth-order valence-corrected chi connectivity index (χ4v) is 4.22. The van der Waals surface area contributed by atoms with Gasteiger partial charge in [-0.2, -0.15) is 0 Å². The van der Waals surface area contributed by atoms with Crippen LogP contribution in [0.1, 0.15) is 0 Å². The molecule has 0 saturated heterocycles. The molecular formula is C5H11F3O2SiZn. The summed E-state index contributed by atoms with van der Waals surface area (Å²) in [5, 5.41) is 0. The van der Waals surface area contributed by atoms with Crippen LogP contribution in [0.25, 0.3) is 0 Å². The maximum absolute atomic E-state index is 11.5. The van der Waals surface area contributed by atoms with Gasteiger partial charge in [-0.15, -0.1) is 0 Å². The normalized spacial score (nSPS) is 12.8. The van der Waals surface area contributed by atoms with Crippen molar-refractivity contribution in [1.82, 2.24) is 0 Å². The van der Waals surface area contributed by atoms with E-state index in [0.29, 0.717) is 0 Å². The van der Waals surface area contributed by atoms with Crippen LogP contribution in [0, 0.1) is 0 Å². The van der Waals surface area contributed by atoms with E-state index in [-0.39, 0.29) is 0 Å². The first kappa shape index (κ1) is 12.6. The van der Waals surface area contributed by atoms with E-state index in [2.05, 4.69) is 3.56 Å². The van der Waals surface area contributed by atoms with Crippen molar-refractivity contribution in [2.45, 2.75) is 25.8 Å². The first-order chi connectivity index (χ1) is 5.21. The van der Waals surface area contributed by atoms with Gasteiger partial charge in [-0.1, -0.05) is 0 Å². The molecule has 12 heavy (non-hydrogen) atoms. The van der Waals surface area contributed by atoms with Crippen LogP contribution in [0.2, 0.25) is 19.6 Å². The molecule has 0 unspecified atom stereocenters. The zero-order valence-corrected chi connectivity index (χ0v) is 11.3. The average Bonchev–Trinajstić information content (AvgIpc) is 1.76. The molecule has 7 heteroatoms. The fourth-order valence-electron chi connectivity index (χ4n) is 0.376. The van der Waals surface area contributed by atoms with Gasteiger partial charge in [-0.25, -0.2) is 0 Å². The second kappa shape index (κ2) is 4.69. The minimum atomic E-state index is -4.21. The Bertz CT molecular complexity index is 118. The van der Waals surface area contributed by atoms with E-state index < -0.39 is 38.9 Å². The van der Waals surface area contributed by atoms with Gasteiger partial charge in [0, 0.05) is 0 Å². The van der Waals surface area contributed by atoms with E-state index in [9.17, 15) is 13.2 Å². The van der Waals surface area contributed by atoms with Crippen molar-refractivity contribution < 1.29 is 37.8 Å². The number of hydrogen-bond acceptors (Lipinski definition) is 2. The van der Waals surface area contributed by atoms with E-state index in [1.807, 2.05) is 19.6 Å². The summed E-state index contributed by atoms with van der Waals surface area (Å²) in [6.45, 7) is 4.62. The van der Waals surface area contributed by atoms with Crippen LogP contribution in [0.15, 0.2) is 0 Å². The predicted octanol–water partition coefficient (Wildman–Crippen LogP) is 2.33. The van der Waals surface area contributed by atoms with Gasteiger partial charge in [0.05, 0.1) is 0 Å². The SMILES string of the molecule is C[Si](C)(C)[O][Zn][O]CC(F)(F)F. The number of rotatable bonds is 4. The summed E-state index contributed by atoms with van der Waals surface area (Å²) in [5.41, 5.74) is 0. The van der Waals surface area contributed by atoms with Gasteiger partial charge in [-0.05, 0) is 0 Å².